The number of carbonyl (C=O) groups is 1. The number of carboxylic acids is 1. The molecule has 1 aliphatic carbocycles. The molecule has 1 aliphatic rings. The zero-order valence-electron chi connectivity index (χ0n) is 9.89. The second kappa shape index (κ2) is 5.61. The van der Waals surface area contributed by atoms with E-state index in [-0.39, 0.29) is 0 Å². The lowest BCUT2D eigenvalue weighted by molar-refractivity contribution is 0.0691. The Morgan fingerprint density at radius 3 is 2.67 bits per heavy atom. The van der Waals surface area contributed by atoms with Crippen molar-refractivity contribution in [1.29, 1.82) is 0 Å². The summed E-state index contributed by atoms with van der Waals surface area (Å²) in [6.07, 6.45) is 4.51. The van der Waals surface area contributed by atoms with Gasteiger partial charge in [-0.2, -0.15) is 0 Å². The van der Waals surface area contributed by atoms with Gasteiger partial charge in [0.25, 0.3) is 0 Å². The van der Waals surface area contributed by atoms with Crippen LogP contribution in [0, 0.1) is 11.7 Å². The second-order valence-electron chi connectivity index (χ2n) is 4.61. The average Bonchev–Trinajstić information content (AvgIpc) is 2.81. The van der Waals surface area contributed by atoms with E-state index in [0.717, 1.165) is 18.9 Å². The molecule has 1 saturated carbocycles. The van der Waals surface area contributed by atoms with E-state index in [2.05, 4.69) is 0 Å². The van der Waals surface area contributed by atoms with Crippen LogP contribution in [0.25, 0.3) is 0 Å². The first kappa shape index (κ1) is 13.2. The van der Waals surface area contributed by atoms with Gasteiger partial charge in [-0.15, -0.1) is 0 Å². The Morgan fingerprint density at radius 2 is 2.06 bits per heavy atom. The molecule has 1 unspecified atom stereocenters. The van der Waals surface area contributed by atoms with Crippen LogP contribution in [0.5, 0.6) is 0 Å². The molecule has 18 heavy (non-hydrogen) atoms. The number of rotatable bonds is 4. The van der Waals surface area contributed by atoms with Crippen LogP contribution >= 0.6 is 0 Å². The van der Waals surface area contributed by atoms with Gasteiger partial charge in [0.05, 0.1) is 16.4 Å². The summed E-state index contributed by atoms with van der Waals surface area (Å²) in [6, 6.07) is 3.67. The van der Waals surface area contributed by atoms with Crippen molar-refractivity contribution in [3.8, 4) is 0 Å². The molecule has 2 rings (SSSR count). The van der Waals surface area contributed by atoms with E-state index in [9.17, 15) is 13.4 Å². The fourth-order valence-corrected chi connectivity index (χ4v) is 3.72. The number of hydrogen-bond acceptors (Lipinski definition) is 2. The van der Waals surface area contributed by atoms with Gasteiger partial charge in [-0.1, -0.05) is 12.8 Å². The van der Waals surface area contributed by atoms with Crippen molar-refractivity contribution in [3.63, 3.8) is 0 Å². The third kappa shape index (κ3) is 2.96. The highest BCUT2D eigenvalue weighted by molar-refractivity contribution is 7.85. The van der Waals surface area contributed by atoms with Crippen molar-refractivity contribution < 1.29 is 18.5 Å². The summed E-state index contributed by atoms with van der Waals surface area (Å²) in [5.74, 6) is -1.12. The van der Waals surface area contributed by atoms with Crippen LogP contribution in [0.1, 0.15) is 36.0 Å². The lowest BCUT2D eigenvalue weighted by Gasteiger charge is -2.09. The minimum absolute atomic E-state index is 0.403. The van der Waals surface area contributed by atoms with Gasteiger partial charge >= 0.3 is 5.97 Å². The number of carboxylic acid groups (broad SMARTS) is 1. The van der Waals surface area contributed by atoms with Crippen LogP contribution in [-0.4, -0.2) is 21.0 Å². The van der Waals surface area contributed by atoms with E-state index in [1.165, 1.54) is 25.0 Å². The monoisotopic (exact) mass is 270 g/mol. The molecule has 98 valence electrons. The zero-order chi connectivity index (χ0) is 13.1. The maximum absolute atomic E-state index is 13.2. The van der Waals surface area contributed by atoms with E-state index in [0.29, 0.717) is 16.6 Å². The van der Waals surface area contributed by atoms with Crippen LogP contribution < -0.4 is 0 Å². The Labute approximate surface area is 107 Å². The number of benzene rings is 1. The fraction of sp³-hybridized carbons (Fsp3) is 0.462. The van der Waals surface area contributed by atoms with Gasteiger partial charge in [-0.05, 0) is 37.0 Å². The highest BCUT2D eigenvalue weighted by Gasteiger charge is 2.20. The third-order valence-corrected chi connectivity index (χ3v) is 4.85. The van der Waals surface area contributed by atoms with Gasteiger partial charge in [0.1, 0.15) is 5.82 Å². The number of aromatic carboxylic acids is 1. The minimum atomic E-state index is -1.33. The molecule has 3 nitrogen and oxygen atoms in total. The van der Waals surface area contributed by atoms with E-state index in [1.54, 1.807) is 0 Å². The van der Waals surface area contributed by atoms with Crippen molar-refractivity contribution in [2.24, 2.45) is 5.92 Å². The Bertz CT molecular complexity index is 481. The topological polar surface area (TPSA) is 54.4 Å². The molecule has 1 fully saturated rings. The summed E-state index contributed by atoms with van der Waals surface area (Å²) in [4.78, 5) is 11.2. The average molecular weight is 270 g/mol. The Morgan fingerprint density at radius 1 is 1.39 bits per heavy atom. The summed E-state index contributed by atoms with van der Waals surface area (Å²) < 4.78 is 25.3. The van der Waals surface area contributed by atoms with E-state index in [1.807, 2.05) is 0 Å². The molecule has 1 aromatic carbocycles. The predicted molar refractivity (Wildman–Crippen MR) is 66.6 cm³/mol. The van der Waals surface area contributed by atoms with Crippen LogP contribution in [0.15, 0.2) is 23.1 Å². The summed E-state index contributed by atoms with van der Waals surface area (Å²) in [5.41, 5.74) is -0.410. The molecular formula is C13H15FO3S. The normalized spacial score (nSPS) is 17.8. The van der Waals surface area contributed by atoms with Crippen LogP contribution in [0.4, 0.5) is 4.39 Å². The molecule has 0 bridgehead atoms. The molecule has 1 atom stereocenters. The largest absolute Gasteiger partial charge is 0.478 e. The Kier molecular flexibility index (Phi) is 4.11. The highest BCUT2D eigenvalue weighted by Crippen LogP contribution is 2.27. The zero-order valence-corrected chi connectivity index (χ0v) is 10.7. The van der Waals surface area contributed by atoms with Crippen molar-refractivity contribution in [2.75, 3.05) is 5.75 Å². The smallest absolute Gasteiger partial charge is 0.338 e. The van der Waals surface area contributed by atoms with Crippen LogP contribution in [0.2, 0.25) is 0 Å². The van der Waals surface area contributed by atoms with Gasteiger partial charge in [0, 0.05) is 10.6 Å². The second-order valence-corrected chi connectivity index (χ2v) is 6.11. The maximum atomic E-state index is 13.2. The first-order chi connectivity index (χ1) is 8.58. The molecule has 0 amide bonds. The van der Waals surface area contributed by atoms with Crippen molar-refractivity contribution in [3.05, 3.63) is 29.6 Å². The van der Waals surface area contributed by atoms with Crippen molar-refractivity contribution in [2.45, 2.75) is 30.6 Å². The SMILES string of the molecule is O=C(O)c1cc(S(=O)CC2CCCC2)ccc1F. The van der Waals surface area contributed by atoms with E-state index >= 15 is 0 Å². The van der Waals surface area contributed by atoms with E-state index < -0.39 is 28.1 Å². The molecule has 0 heterocycles. The van der Waals surface area contributed by atoms with Crippen molar-refractivity contribution in [1.82, 2.24) is 0 Å². The molecule has 5 heteroatoms. The fourth-order valence-electron chi connectivity index (χ4n) is 2.30. The summed E-state index contributed by atoms with van der Waals surface area (Å²) >= 11 is 0. The molecule has 0 saturated heterocycles. The first-order valence-corrected chi connectivity index (χ1v) is 7.31. The van der Waals surface area contributed by atoms with Gasteiger partial charge in [0.2, 0.25) is 0 Å². The Balaban J connectivity index is 2.14. The summed E-state index contributed by atoms with van der Waals surface area (Å²) in [5, 5.41) is 8.82. The van der Waals surface area contributed by atoms with Gasteiger partial charge < -0.3 is 5.11 Å². The lowest BCUT2D eigenvalue weighted by Crippen LogP contribution is -2.09. The molecule has 0 radical (unpaired) electrons. The number of hydrogen-bond donors (Lipinski definition) is 1. The van der Waals surface area contributed by atoms with Gasteiger partial charge in [-0.25, -0.2) is 9.18 Å². The minimum Gasteiger partial charge on any atom is -0.478 e. The summed E-state index contributed by atoms with van der Waals surface area (Å²) in [6.45, 7) is 0. The van der Waals surface area contributed by atoms with E-state index in [4.69, 9.17) is 5.11 Å². The van der Waals surface area contributed by atoms with Gasteiger partial charge in [0.15, 0.2) is 0 Å². The lowest BCUT2D eigenvalue weighted by atomic mass is 10.1. The van der Waals surface area contributed by atoms with Crippen molar-refractivity contribution >= 4 is 16.8 Å². The quantitative estimate of drug-likeness (QED) is 0.915. The molecule has 1 aromatic rings. The molecule has 0 aromatic heterocycles. The highest BCUT2D eigenvalue weighted by atomic mass is 32.2. The maximum Gasteiger partial charge on any atom is 0.338 e. The summed E-state index contributed by atoms with van der Waals surface area (Å²) in [7, 11) is -1.24. The molecule has 1 N–H and O–H groups in total. The molecular weight excluding hydrogens is 255 g/mol. The standard InChI is InChI=1S/C13H15FO3S/c14-12-6-5-10(7-11(12)13(15)16)18(17)8-9-3-1-2-4-9/h5-7,9H,1-4,8H2,(H,15,16). The molecule has 0 spiro atoms. The third-order valence-electron chi connectivity index (χ3n) is 3.29. The van der Waals surface area contributed by atoms with Crippen LogP contribution in [-0.2, 0) is 10.8 Å². The first-order valence-electron chi connectivity index (χ1n) is 5.99. The predicted octanol–water partition coefficient (Wildman–Crippen LogP) is 2.82. The molecule has 0 aliphatic heterocycles. The van der Waals surface area contributed by atoms with Crippen LogP contribution in [0.3, 0.4) is 0 Å². The number of halogens is 1. The Hall–Kier alpha value is -1.23. The van der Waals surface area contributed by atoms with Gasteiger partial charge in [-0.3, -0.25) is 4.21 Å².